The van der Waals surface area contributed by atoms with Crippen LogP contribution in [0.3, 0.4) is 0 Å². The number of Topliss-reactive ketones (excluding diaryl/α,β-unsaturated/α-hetero) is 1. The van der Waals surface area contributed by atoms with E-state index in [4.69, 9.17) is 9.47 Å². The summed E-state index contributed by atoms with van der Waals surface area (Å²) in [7, 11) is 0. The first-order chi connectivity index (χ1) is 20.6. The van der Waals surface area contributed by atoms with Crippen molar-refractivity contribution < 1.29 is 23.9 Å². The van der Waals surface area contributed by atoms with E-state index in [1.54, 1.807) is 25.3 Å². The third kappa shape index (κ3) is 7.34. The lowest BCUT2D eigenvalue weighted by Gasteiger charge is -2.39. The van der Waals surface area contributed by atoms with Crippen LogP contribution in [0.15, 0.2) is 76.2 Å². The van der Waals surface area contributed by atoms with Gasteiger partial charge in [0.1, 0.15) is 5.75 Å². The van der Waals surface area contributed by atoms with E-state index < -0.39 is 17.8 Å². The van der Waals surface area contributed by atoms with Crippen molar-refractivity contribution in [2.24, 2.45) is 10.5 Å². The Morgan fingerprint density at radius 3 is 2.44 bits per heavy atom. The number of nitrogens with one attached hydrogen (secondary N) is 2. The molecule has 1 amide bonds. The molecular formula is C34H42N4O5. The summed E-state index contributed by atoms with van der Waals surface area (Å²) in [4.78, 5) is 41.7. The normalized spacial score (nSPS) is 17.8. The number of nitrogens with zero attached hydrogens (tertiary/aromatic N) is 2. The molecule has 0 fully saturated rings. The van der Waals surface area contributed by atoms with Crippen molar-refractivity contribution in [2.45, 2.75) is 60.3 Å². The zero-order valence-electron chi connectivity index (χ0n) is 26.0. The van der Waals surface area contributed by atoms with Crippen molar-refractivity contribution in [1.82, 2.24) is 10.7 Å². The molecule has 1 atom stereocenters. The highest BCUT2D eigenvalue weighted by Crippen LogP contribution is 2.48. The van der Waals surface area contributed by atoms with Crippen molar-refractivity contribution in [1.29, 1.82) is 0 Å². The van der Waals surface area contributed by atoms with Crippen LogP contribution in [0, 0.1) is 5.41 Å². The van der Waals surface area contributed by atoms with Gasteiger partial charge >= 0.3 is 5.97 Å². The molecule has 228 valence electrons. The minimum absolute atomic E-state index is 0.0231. The molecule has 0 saturated carbocycles. The molecule has 2 aliphatic rings. The van der Waals surface area contributed by atoms with Crippen LogP contribution >= 0.6 is 0 Å². The number of hydrogen-bond acceptors (Lipinski definition) is 8. The van der Waals surface area contributed by atoms with Gasteiger partial charge in [-0.1, -0.05) is 44.2 Å². The van der Waals surface area contributed by atoms with Crippen molar-refractivity contribution in [2.75, 3.05) is 31.2 Å². The molecule has 0 saturated heterocycles. The molecule has 2 N–H and O–H groups in total. The van der Waals surface area contributed by atoms with Gasteiger partial charge in [0.2, 0.25) is 0 Å². The molecule has 0 aromatic heterocycles. The number of rotatable bonds is 11. The molecule has 43 heavy (non-hydrogen) atoms. The van der Waals surface area contributed by atoms with Crippen LogP contribution in [-0.2, 0) is 19.1 Å². The average Bonchev–Trinajstić information content (AvgIpc) is 2.96. The van der Waals surface area contributed by atoms with Crippen LogP contribution in [0.5, 0.6) is 5.75 Å². The highest BCUT2D eigenvalue weighted by Gasteiger charge is 2.44. The average molecular weight is 587 g/mol. The summed E-state index contributed by atoms with van der Waals surface area (Å²) in [6.07, 6.45) is 2.61. The SMILES string of the molecule is CCOC(=O)C1=C(C)NC2=C(C(=O)CC(C)(C)C2)C1c1ccccc1OCC(=O)NN=Cc1ccc(N(CC)CC)cc1. The second-order valence-corrected chi connectivity index (χ2v) is 11.5. The fourth-order valence-corrected chi connectivity index (χ4v) is 5.79. The Kier molecular flexibility index (Phi) is 10.1. The number of anilines is 1. The van der Waals surface area contributed by atoms with Crippen molar-refractivity contribution >= 4 is 29.6 Å². The Balaban J connectivity index is 1.53. The first-order valence-electron chi connectivity index (χ1n) is 14.9. The van der Waals surface area contributed by atoms with Gasteiger partial charge in [0.15, 0.2) is 12.4 Å². The molecule has 1 unspecified atom stereocenters. The quantitative estimate of drug-likeness (QED) is 0.211. The lowest BCUT2D eigenvalue weighted by molar-refractivity contribution is -0.139. The van der Waals surface area contributed by atoms with Crippen molar-refractivity contribution in [3.05, 3.63) is 82.2 Å². The lowest BCUT2D eigenvalue weighted by Crippen LogP contribution is -2.38. The van der Waals surface area contributed by atoms with Gasteiger partial charge in [-0.05, 0) is 63.3 Å². The predicted octanol–water partition coefficient (Wildman–Crippen LogP) is 5.23. The van der Waals surface area contributed by atoms with Gasteiger partial charge in [-0.3, -0.25) is 9.59 Å². The minimum atomic E-state index is -0.685. The topological polar surface area (TPSA) is 109 Å². The maximum atomic E-state index is 13.6. The maximum absolute atomic E-state index is 13.6. The molecule has 0 spiro atoms. The highest BCUT2D eigenvalue weighted by atomic mass is 16.5. The summed E-state index contributed by atoms with van der Waals surface area (Å²) in [5, 5.41) is 7.41. The second-order valence-electron chi connectivity index (χ2n) is 11.5. The number of allylic oxidation sites excluding steroid dienone is 3. The third-order valence-electron chi connectivity index (χ3n) is 7.75. The Hall–Kier alpha value is -4.40. The highest BCUT2D eigenvalue weighted by molar-refractivity contribution is 6.04. The molecule has 0 bridgehead atoms. The number of ketones is 1. The van der Waals surface area contributed by atoms with Gasteiger partial charge in [0.25, 0.3) is 5.91 Å². The summed E-state index contributed by atoms with van der Waals surface area (Å²) in [5.74, 6) is -1.24. The van der Waals surface area contributed by atoms with Crippen molar-refractivity contribution in [3.8, 4) is 5.75 Å². The zero-order chi connectivity index (χ0) is 31.1. The van der Waals surface area contributed by atoms with E-state index in [0.717, 1.165) is 30.0 Å². The lowest BCUT2D eigenvalue weighted by atomic mass is 9.68. The summed E-state index contributed by atoms with van der Waals surface area (Å²) in [5.41, 5.74) is 7.26. The van der Waals surface area contributed by atoms with Crippen LogP contribution < -0.4 is 20.4 Å². The predicted molar refractivity (Wildman–Crippen MR) is 168 cm³/mol. The number of hydrazone groups is 1. The van der Waals surface area contributed by atoms with Gasteiger partial charge in [-0.15, -0.1) is 0 Å². The van der Waals surface area contributed by atoms with Gasteiger partial charge in [0, 0.05) is 47.7 Å². The van der Waals surface area contributed by atoms with E-state index in [2.05, 4.69) is 48.4 Å². The van der Waals surface area contributed by atoms with Crippen LogP contribution in [0.1, 0.15) is 71.4 Å². The molecule has 0 radical (unpaired) electrons. The molecule has 1 heterocycles. The zero-order valence-corrected chi connectivity index (χ0v) is 26.0. The van der Waals surface area contributed by atoms with Crippen LogP contribution in [0.25, 0.3) is 0 Å². The van der Waals surface area contributed by atoms with Crippen LogP contribution in [0.2, 0.25) is 0 Å². The number of carbonyl (C=O) groups excluding carboxylic acids is 3. The number of ether oxygens (including phenoxy) is 2. The summed E-state index contributed by atoms with van der Waals surface area (Å²) in [6, 6.07) is 15.1. The van der Waals surface area contributed by atoms with Crippen LogP contribution in [-0.4, -0.2) is 50.2 Å². The Labute approximate surface area is 254 Å². The number of para-hydroxylation sites is 1. The van der Waals surface area contributed by atoms with Crippen molar-refractivity contribution in [3.63, 3.8) is 0 Å². The Morgan fingerprint density at radius 1 is 1.07 bits per heavy atom. The van der Waals surface area contributed by atoms with Gasteiger partial charge in [0.05, 0.1) is 24.3 Å². The monoisotopic (exact) mass is 586 g/mol. The van der Waals surface area contributed by atoms with E-state index in [1.165, 1.54) is 0 Å². The van der Waals surface area contributed by atoms with Crippen LogP contribution in [0.4, 0.5) is 5.69 Å². The molecule has 1 aliphatic carbocycles. The van der Waals surface area contributed by atoms with Gasteiger partial charge in [-0.2, -0.15) is 5.10 Å². The Morgan fingerprint density at radius 2 is 1.77 bits per heavy atom. The standard InChI is InChI=1S/C34H42N4O5/c1-7-38(8-2)24-16-14-23(15-17-24)20-35-37-29(40)21-43-28-13-11-10-12-25(28)31-30(33(41)42-9-3)22(4)36-26-18-34(5,6)19-27(39)32(26)31/h10-17,20,31,36H,7-9,18-19,21H2,1-6H3,(H,37,40). The smallest absolute Gasteiger partial charge is 0.336 e. The molecular weight excluding hydrogens is 544 g/mol. The summed E-state index contributed by atoms with van der Waals surface area (Å²) < 4.78 is 11.4. The molecule has 2 aromatic carbocycles. The fraction of sp³-hybridized carbons (Fsp3) is 0.412. The first kappa shape index (κ1) is 31.5. The summed E-state index contributed by atoms with van der Waals surface area (Å²) >= 11 is 0. The van der Waals surface area contributed by atoms with E-state index in [0.29, 0.717) is 41.0 Å². The summed E-state index contributed by atoms with van der Waals surface area (Å²) in [6.45, 7) is 13.7. The molecule has 9 heteroatoms. The second kappa shape index (κ2) is 13.7. The van der Waals surface area contributed by atoms with Gasteiger partial charge in [-0.25, -0.2) is 10.2 Å². The Bertz CT molecular complexity index is 1450. The first-order valence-corrected chi connectivity index (χ1v) is 14.9. The molecule has 2 aromatic rings. The number of benzene rings is 2. The number of amides is 1. The largest absolute Gasteiger partial charge is 0.483 e. The third-order valence-corrected chi connectivity index (χ3v) is 7.75. The number of dihydropyridines is 1. The maximum Gasteiger partial charge on any atom is 0.336 e. The minimum Gasteiger partial charge on any atom is -0.483 e. The number of carbonyl (C=O) groups is 3. The number of hydrogen-bond donors (Lipinski definition) is 2. The molecule has 1 aliphatic heterocycles. The molecule has 9 nitrogen and oxygen atoms in total. The van der Waals surface area contributed by atoms with Gasteiger partial charge < -0.3 is 19.7 Å². The fourth-order valence-electron chi connectivity index (χ4n) is 5.79. The van der Waals surface area contributed by atoms with E-state index in [-0.39, 0.29) is 24.4 Å². The van der Waals surface area contributed by atoms with E-state index in [1.807, 2.05) is 43.3 Å². The molecule has 4 rings (SSSR count). The number of esters is 1. The van der Waals surface area contributed by atoms with E-state index in [9.17, 15) is 14.4 Å². The van der Waals surface area contributed by atoms with E-state index >= 15 is 0 Å².